The Morgan fingerprint density at radius 3 is 2.67 bits per heavy atom. The molecule has 0 saturated carbocycles. The number of carbonyl (C=O) groups is 3. The molecule has 1 fully saturated rings. The highest BCUT2D eigenvalue weighted by Crippen LogP contribution is 2.46. The molecule has 3 amide bonds. The molecule has 8 nitrogen and oxygen atoms in total. The van der Waals surface area contributed by atoms with Gasteiger partial charge in [-0.3, -0.25) is 14.4 Å². The van der Waals surface area contributed by atoms with Crippen LogP contribution >= 0.6 is 0 Å². The lowest BCUT2D eigenvalue weighted by Gasteiger charge is -2.43. The first-order valence-corrected chi connectivity index (χ1v) is 13.5. The second-order valence-corrected chi connectivity index (χ2v) is 11.1. The van der Waals surface area contributed by atoms with Crippen LogP contribution in [0.4, 0.5) is 32.2 Å². The summed E-state index contributed by atoms with van der Waals surface area (Å²) in [7, 11) is 0. The van der Waals surface area contributed by atoms with Crippen LogP contribution in [0.25, 0.3) is 0 Å². The van der Waals surface area contributed by atoms with Gasteiger partial charge in [0.15, 0.2) is 17.4 Å². The van der Waals surface area contributed by atoms with Crippen molar-refractivity contribution in [2.45, 2.75) is 62.2 Å². The van der Waals surface area contributed by atoms with E-state index in [9.17, 15) is 40.7 Å². The Hall–Kier alpha value is -4.36. The van der Waals surface area contributed by atoms with E-state index in [4.69, 9.17) is 4.42 Å². The third-order valence-electron chi connectivity index (χ3n) is 8.63. The number of hydrogen-bond donors (Lipinski definition) is 2. The van der Waals surface area contributed by atoms with E-state index in [1.807, 2.05) is 0 Å². The Bertz CT molecular complexity index is 1660. The van der Waals surface area contributed by atoms with E-state index >= 15 is 0 Å². The van der Waals surface area contributed by atoms with Gasteiger partial charge in [0.25, 0.3) is 5.91 Å². The molecule has 3 aromatic rings. The van der Waals surface area contributed by atoms with Crippen LogP contribution in [-0.2, 0) is 27.8 Å². The summed E-state index contributed by atoms with van der Waals surface area (Å²) in [5.74, 6) is -7.26. The number of piperidine rings is 1. The van der Waals surface area contributed by atoms with Crippen molar-refractivity contribution in [3.8, 4) is 0 Å². The molecule has 4 atom stereocenters. The zero-order chi connectivity index (χ0) is 30.8. The topological polar surface area (TPSA) is 105 Å². The van der Waals surface area contributed by atoms with Gasteiger partial charge in [-0.15, -0.1) is 0 Å². The van der Waals surface area contributed by atoms with Gasteiger partial charge in [0, 0.05) is 35.7 Å². The highest BCUT2D eigenvalue weighted by atomic mass is 19.4. The second kappa shape index (κ2) is 10.1. The number of nitrogens with zero attached hydrogens (tertiary/aromatic N) is 2. The molecule has 0 bridgehead atoms. The Balaban J connectivity index is 1.28. The first-order chi connectivity index (χ1) is 20.3. The number of alkyl halides is 3. The molecule has 14 heteroatoms. The molecule has 1 aliphatic carbocycles. The van der Waals surface area contributed by atoms with Gasteiger partial charge in [-0.2, -0.15) is 13.2 Å². The van der Waals surface area contributed by atoms with Gasteiger partial charge in [0.1, 0.15) is 30.0 Å². The van der Waals surface area contributed by atoms with E-state index in [2.05, 4.69) is 15.6 Å². The molecule has 43 heavy (non-hydrogen) atoms. The highest BCUT2D eigenvalue weighted by Gasteiger charge is 2.50. The minimum absolute atomic E-state index is 0.197. The SMILES string of the molecule is C[C@@H]1[C@H](c2c(F)ccc(F)c2F)C[C@H](NC(=O)c2cc3c(o2)CC[C@]2(C3)C(=O)Nc3ncccc32)C(=O)N1CC(F)(F)F. The Labute approximate surface area is 240 Å². The largest absolute Gasteiger partial charge is 0.456 e. The van der Waals surface area contributed by atoms with Crippen LogP contribution in [0.1, 0.15) is 58.7 Å². The lowest BCUT2D eigenvalue weighted by molar-refractivity contribution is -0.170. The van der Waals surface area contributed by atoms with E-state index in [0.717, 1.165) is 0 Å². The van der Waals surface area contributed by atoms with Gasteiger partial charge in [-0.25, -0.2) is 18.2 Å². The minimum Gasteiger partial charge on any atom is -0.456 e. The maximum atomic E-state index is 14.7. The van der Waals surface area contributed by atoms with Crippen LogP contribution < -0.4 is 10.6 Å². The zero-order valence-corrected chi connectivity index (χ0v) is 22.5. The summed E-state index contributed by atoms with van der Waals surface area (Å²) in [6.45, 7) is -0.566. The molecular weight excluding hydrogens is 582 g/mol. The van der Waals surface area contributed by atoms with Crippen molar-refractivity contribution in [1.82, 2.24) is 15.2 Å². The molecule has 1 saturated heterocycles. The summed E-state index contributed by atoms with van der Waals surface area (Å²) >= 11 is 0. The van der Waals surface area contributed by atoms with E-state index in [0.29, 0.717) is 52.6 Å². The van der Waals surface area contributed by atoms with Gasteiger partial charge in [0.05, 0.1) is 5.41 Å². The third-order valence-corrected chi connectivity index (χ3v) is 8.63. The van der Waals surface area contributed by atoms with Crippen LogP contribution in [0.5, 0.6) is 0 Å². The number of amides is 3. The van der Waals surface area contributed by atoms with Crippen molar-refractivity contribution in [3.05, 3.63) is 82.2 Å². The van der Waals surface area contributed by atoms with Crippen molar-refractivity contribution in [1.29, 1.82) is 0 Å². The Morgan fingerprint density at radius 2 is 1.93 bits per heavy atom. The lowest BCUT2D eigenvalue weighted by Crippen LogP contribution is -2.59. The van der Waals surface area contributed by atoms with Crippen molar-refractivity contribution < 1.29 is 45.1 Å². The molecular formula is C29H24F6N4O4. The number of halogens is 6. The fraction of sp³-hybridized carbons (Fsp3) is 0.379. The fourth-order valence-corrected chi connectivity index (χ4v) is 6.52. The van der Waals surface area contributed by atoms with Gasteiger partial charge in [0.2, 0.25) is 11.8 Å². The Kier molecular flexibility index (Phi) is 6.77. The molecule has 2 aliphatic heterocycles. The molecule has 0 radical (unpaired) electrons. The van der Waals surface area contributed by atoms with E-state index in [1.54, 1.807) is 18.3 Å². The number of fused-ring (bicyclic) bond motifs is 3. The maximum Gasteiger partial charge on any atom is 0.406 e. The summed E-state index contributed by atoms with van der Waals surface area (Å²) in [5.41, 5.74) is -0.455. The summed E-state index contributed by atoms with van der Waals surface area (Å²) in [4.78, 5) is 44.0. The quantitative estimate of drug-likeness (QED) is 0.336. The Morgan fingerprint density at radius 1 is 1.19 bits per heavy atom. The highest BCUT2D eigenvalue weighted by molar-refractivity contribution is 6.05. The zero-order valence-electron chi connectivity index (χ0n) is 22.5. The number of anilines is 1. The van der Waals surface area contributed by atoms with E-state index in [1.165, 1.54) is 13.0 Å². The number of aryl methyl sites for hydroxylation is 1. The smallest absolute Gasteiger partial charge is 0.406 e. The molecule has 1 spiro atoms. The average molecular weight is 607 g/mol. The molecule has 0 unspecified atom stereocenters. The van der Waals surface area contributed by atoms with Crippen LogP contribution in [0.15, 0.2) is 40.9 Å². The third kappa shape index (κ3) is 4.82. The number of carbonyl (C=O) groups excluding carboxylic acids is 3. The van der Waals surface area contributed by atoms with Crippen LogP contribution in [-0.4, -0.2) is 52.4 Å². The number of hydrogen-bond acceptors (Lipinski definition) is 5. The van der Waals surface area contributed by atoms with E-state index in [-0.39, 0.29) is 18.1 Å². The van der Waals surface area contributed by atoms with Gasteiger partial charge < -0.3 is 20.0 Å². The maximum absolute atomic E-state index is 14.7. The van der Waals surface area contributed by atoms with Crippen molar-refractivity contribution in [2.24, 2.45) is 0 Å². The number of likely N-dealkylation sites (tertiary alicyclic amines) is 1. The van der Waals surface area contributed by atoms with Crippen molar-refractivity contribution in [3.63, 3.8) is 0 Å². The summed E-state index contributed by atoms with van der Waals surface area (Å²) in [5, 5.41) is 5.12. The van der Waals surface area contributed by atoms with Gasteiger partial charge in [-0.1, -0.05) is 6.07 Å². The molecule has 1 aromatic carbocycles. The van der Waals surface area contributed by atoms with Crippen LogP contribution in [0.2, 0.25) is 0 Å². The lowest BCUT2D eigenvalue weighted by atomic mass is 9.70. The monoisotopic (exact) mass is 606 g/mol. The number of furan rings is 1. The molecule has 226 valence electrons. The average Bonchev–Trinajstić information content (AvgIpc) is 3.49. The summed E-state index contributed by atoms with van der Waals surface area (Å²) in [6.07, 6.45) is -2.94. The summed E-state index contributed by atoms with van der Waals surface area (Å²) < 4.78 is 89.5. The molecule has 4 heterocycles. The number of nitrogens with one attached hydrogen (secondary N) is 2. The molecule has 6 rings (SSSR count). The number of pyridine rings is 1. The fourth-order valence-electron chi connectivity index (χ4n) is 6.52. The van der Waals surface area contributed by atoms with Crippen molar-refractivity contribution >= 4 is 23.5 Å². The number of benzene rings is 1. The second-order valence-electron chi connectivity index (χ2n) is 11.1. The first-order valence-electron chi connectivity index (χ1n) is 13.5. The number of aromatic nitrogens is 1. The standard InChI is InChI=1S/C29H24F6N4O4/c1-13-15(22-17(30)4-5-18(31)23(22)32)10-19(26(41)39(13)12-29(33,34)35)37-25(40)21-9-14-11-28(7-6-20(14)43-21)16-3-2-8-36-24(16)38-27(28)42/h2-5,8-9,13,15,19H,6-7,10-12H2,1H3,(H,37,40)(H,36,38,42)/t13-,15-,19+,28-/m1/s1. The van der Waals surface area contributed by atoms with E-state index < -0.39 is 77.4 Å². The van der Waals surface area contributed by atoms with Gasteiger partial charge >= 0.3 is 6.18 Å². The molecule has 2 N–H and O–H groups in total. The van der Waals surface area contributed by atoms with Gasteiger partial charge in [-0.05, 0) is 56.0 Å². The van der Waals surface area contributed by atoms with Crippen LogP contribution in [0, 0.1) is 17.5 Å². The first kappa shape index (κ1) is 28.7. The van der Waals surface area contributed by atoms with Crippen LogP contribution in [0.3, 0.4) is 0 Å². The predicted molar refractivity (Wildman–Crippen MR) is 137 cm³/mol. The minimum atomic E-state index is -4.86. The molecule has 3 aliphatic rings. The normalized spacial score (nSPS) is 25.0. The molecule has 2 aromatic heterocycles. The predicted octanol–water partition coefficient (Wildman–Crippen LogP) is 4.54. The summed E-state index contributed by atoms with van der Waals surface area (Å²) in [6, 6.07) is 3.09. The van der Waals surface area contributed by atoms with Crippen molar-refractivity contribution in [2.75, 3.05) is 11.9 Å². The number of rotatable bonds is 4.